The maximum Gasteiger partial charge on any atom is 0.411 e. The molecule has 2 saturated heterocycles. The van der Waals surface area contributed by atoms with Crippen LogP contribution in [0.15, 0.2) is 25.3 Å². The van der Waals surface area contributed by atoms with Crippen LogP contribution in [0.25, 0.3) is 0 Å². The maximum atomic E-state index is 13.3. The molecule has 0 aliphatic carbocycles. The first-order valence-corrected chi connectivity index (χ1v) is 23.7. The third-order valence-electron chi connectivity index (χ3n) is 11.1. The highest BCUT2D eigenvalue weighted by Gasteiger charge is 2.58. The molecule has 0 radical (unpaired) electrons. The minimum Gasteiger partial charge on any atom is -0.480 e. The van der Waals surface area contributed by atoms with Gasteiger partial charge in [0.15, 0.2) is 0 Å². The van der Waals surface area contributed by atoms with Crippen LogP contribution in [0.3, 0.4) is 0 Å². The minimum atomic E-state index is -1.06. The van der Waals surface area contributed by atoms with Gasteiger partial charge in [0, 0.05) is 30.0 Å². The lowest BCUT2D eigenvalue weighted by molar-refractivity contribution is -0.150. The van der Waals surface area contributed by atoms with Crippen LogP contribution in [-0.4, -0.2) is 149 Å². The second-order valence-electron chi connectivity index (χ2n) is 22.9. The predicted molar refractivity (Wildman–Crippen MR) is 267 cm³/mol. The van der Waals surface area contributed by atoms with E-state index in [0.717, 1.165) is 0 Å². The summed E-state index contributed by atoms with van der Waals surface area (Å²) in [6.07, 6.45) is 1.49. The van der Waals surface area contributed by atoms with E-state index in [2.05, 4.69) is 29.1 Å². The highest BCUT2D eigenvalue weighted by atomic mass is 16.6. The van der Waals surface area contributed by atoms with Crippen molar-refractivity contribution in [2.75, 3.05) is 27.3 Å². The van der Waals surface area contributed by atoms with E-state index in [9.17, 15) is 38.4 Å². The van der Waals surface area contributed by atoms with Crippen molar-refractivity contribution in [2.45, 2.75) is 196 Å². The van der Waals surface area contributed by atoms with Crippen LogP contribution in [0.2, 0.25) is 0 Å². The van der Waals surface area contributed by atoms with Crippen molar-refractivity contribution in [1.29, 1.82) is 0 Å². The molecule has 2 aliphatic rings. The van der Waals surface area contributed by atoms with Crippen LogP contribution in [0.4, 0.5) is 19.2 Å². The average Bonchev–Trinajstić information content (AvgIpc) is 3.61. The number of hydrogen-bond donors (Lipinski definition) is 5. The Labute approximate surface area is 422 Å². The molecule has 0 saturated carbocycles. The quantitative estimate of drug-likeness (QED) is 0.0729. The maximum absolute atomic E-state index is 13.3. The molecule has 5 amide bonds. The Balaban J connectivity index is 0.00000115. The van der Waals surface area contributed by atoms with Gasteiger partial charge in [-0.15, -0.1) is 13.2 Å². The number of nitrogens with one attached hydrogen (secondary N) is 3. The number of ether oxygens (including phenoxy) is 6. The van der Waals surface area contributed by atoms with E-state index >= 15 is 0 Å². The smallest absolute Gasteiger partial charge is 0.411 e. The van der Waals surface area contributed by atoms with E-state index in [1.807, 2.05) is 6.92 Å². The highest BCUT2D eigenvalue weighted by Crippen LogP contribution is 2.43. The lowest BCUT2D eigenvalue weighted by Crippen LogP contribution is -2.57. The molecule has 21 nitrogen and oxygen atoms in total. The van der Waals surface area contributed by atoms with Crippen LogP contribution in [0.1, 0.15) is 137 Å². The van der Waals surface area contributed by atoms with Crippen LogP contribution < -0.4 is 21.7 Å². The molecule has 6 N–H and O–H groups in total. The van der Waals surface area contributed by atoms with Gasteiger partial charge in [0.25, 0.3) is 0 Å². The topological polar surface area (TPSA) is 281 Å². The van der Waals surface area contributed by atoms with Crippen LogP contribution in [0, 0.1) is 22.7 Å². The van der Waals surface area contributed by atoms with Gasteiger partial charge in [0.1, 0.15) is 46.6 Å². The summed E-state index contributed by atoms with van der Waals surface area (Å²) in [6, 6.07) is -4.60. The zero-order valence-corrected chi connectivity index (χ0v) is 46.2. The van der Waals surface area contributed by atoms with E-state index in [1.54, 1.807) is 130 Å². The van der Waals surface area contributed by atoms with Gasteiger partial charge in [-0.2, -0.15) is 0 Å². The third-order valence-corrected chi connectivity index (χ3v) is 11.1. The summed E-state index contributed by atoms with van der Waals surface area (Å²) in [5.74, 6) is -3.07. The molecule has 2 heterocycles. The number of nitrogens with two attached hydrogens (primary N) is 1. The number of methoxy groups -OCH3 is 2. The molecular formula is C50H88N6O15. The number of allylic oxidation sites excluding steroid dienone is 2. The monoisotopic (exact) mass is 1010 g/mol. The molecule has 71 heavy (non-hydrogen) atoms. The summed E-state index contributed by atoms with van der Waals surface area (Å²) in [5.41, 5.74) is 1.85. The number of alkyl carbamates (subject to hydrolysis) is 2. The Bertz CT molecular complexity index is 1880. The molecule has 0 aromatic heterocycles. The van der Waals surface area contributed by atoms with Crippen LogP contribution in [-0.2, 0) is 47.6 Å². The molecule has 2 rings (SSSR count). The van der Waals surface area contributed by atoms with Gasteiger partial charge in [-0.1, -0.05) is 53.7 Å². The number of rotatable bonds is 13. The molecule has 0 aromatic rings. The SMILES string of the molecule is C=CC[C@]1(C)[C@@H](N)CN(C(=O)OC(C)(C)C)[C@@H]1C(=O)OC.C=CC[C@]1(C)[C@@H](NC(=O)[C@@H](NC(=O)OC(C)(C)C)C(C)C)CN(C(=O)OC(C)(C)C)[C@@H]1C(=O)OC.CC(C)[C@H](NC(=O)OC(C)(C)C)C(=O)O. The largest absolute Gasteiger partial charge is 0.480 e. The van der Waals surface area contributed by atoms with Gasteiger partial charge >= 0.3 is 42.3 Å². The fraction of sp³-hybridized carbons (Fsp3) is 0.760. The van der Waals surface area contributed by atoms with Crippen LogP contribution >= 0.6 is 0 Å². The van der Waals surface area contributed by atoms with Crippen molar-refractivity contribution in [3.8, 4) is 0 Å². The van der Waals surface area contributed by atoms with Gasteiger partial charge in [0.05, 0.1) is 20.3 Å². The highest BCUT2D eigenvalue weighted by molar-refractivity contribution is 5.88. The normalized spacial score (nSPS) is 23.0. The first kappa shape index (κ1) is 65.4. The summed E-state index contributed by atoms with van der Waals surface area (Å²) in [7, 11) is 2.54. The van der Waals surface area contributed by atoms with Crippen molar-refractivity contribution >= 4 is 48.2 Å². The summed E-state index contributed by atoms with van der Waals surface area (Å²) >= 11 is 0. The summed E-state index contributed by atoms with van der Waals surface area (Å²) in [5, 5.41) is 16.7. The van der Waals surface area contributed by atoms with Crippen molar-refractivity contribution in [3.63, 3.8) is 0 Å². The first-order valence-electron chi connectivity index (χ1n) is 23.7. The number of carboxylic acid groups (broad SMARTS) is 1. The Hall–Kier alpha value is -5.60. The molecule has 408 valence electrons. The third kappa shape index (κ3) is 20.6. The van der Waals surface area contributed by atoms with Gasteiger partial charge in [0.2, 0.25) is 5.91 Å². The van der Waals surface area contributed by atoms with Crippen molar-refractivity contribution in [1.82, 2.24) is 25.8 Å². The number of hydrogen-bond acceptors (Lipinski definition) is 15. The van der Waals surface area contributed by atoms with Crippen molar-refractivity contribution in [2.24, 2.45) is 28.4 Å². The number of amides is 5. The standard InChI is InChI=1S/C25H43N3O7.C15H26N2O4.C10H19NO4/c1-12-13-25(10)16(14-28(18(25)20(30)33-11)22(32)35-24(7,8)9)26-19(29)17(15(2)3)27-21(31)34-23(4,5)6;1-7-8-15(5)10(16)9-17(11(15)12(18)20-6)13(19)21-14(2,3)4;1-6(2)7(8(12)13)11-9(14)15-10(3,4)5/h12,15-18H,1,13-14H2,2-11H3,(H,26,29)(H,27,31);7,10-11H,1,8-9,16H2,2-6H3;6-7H,1-5H3,(H,11,14)(H,12,13)/t16-,17-,18+,25+;10-,11+,15+;7-/m000/s1. The Morgan fingerprint density at radius 2 is 0.958 bits per heavy atom. The first-order chi connectivity index (χ1) is 32.1. The molecule has 0 bridgehead atoms. The van der Waals surface area contributed by atoms with Gasteiger partial charge < -0.3 is 55.2 Å². The number of aliphatic carboxylic acids is 1. The number of likely N-dealkylation sites (tertiary alicyclic amines) is 2. The van der Waals surface area contributed by atoms with Gasteiger partial charge in [-0.3, -0.25) is 14.6 Å². The summed E-state index contributed by atoms with van der Waals surface area (Å²) < 4.78 is 31.0. The Morgan fingerprint density at radius 3 is 1.28 bits per heavy atom. The van der Waals surface area contributed by atoms with Crippen LogP contribution in [0.5, 0.6) is 0 Å². The van der Waals surface area contributed by atoms with E-state index in [4.69, 9.17) is 39.3 Å². The van der Waals surface area contributed by atoms with Gasteiger partial charge in [-0.05, 0) is 108 Å². The molecular weight excluding hydrogens is 925 g/mol. The molecule has 2 aliphatic heterocycles. The average molecular weight is 1010 g/mol. The number of esters is 2. The number of carboxylic acids is 1. The number of carbonyl (C=O) groups is 8. The molecule has 21 heteroatoms. The molecule has 8 atom stereocenters. The van der Waals surface area contributed by atoms with E-state index < -0.39 is 112 Å². The van der Waals surface area contributed by atoms with Crippen molar-refractivity contribution < 1.29 is 71.9 Å². The summed E-state index contributed by atoms with van der Waals surface area (Å²) in [6.45, 7) is 39.3. The summed E-state index contributed by atoms with van der Waals surface area (Å²) in [4.78, 5) is 101. The Morgan fingerprint density at radius 1 is 0.620 bits per heavy atom. The van der Waals surface area contributed by atoms with E-state index in [1.165, 1.54) is 24.0 Å². The lowest BCUT2D eigenvalue weighted by Gasteiger charge is -2.36. The second-order valence-corrected chi connectivity index (χ2v) is 22.9. The molecule has 0 spiro atoms. The van der Waals surface area contributed by atoms with E-state index in [0.29, 0.717) is 12.8 Å². The Kier molecular flexibility index (Phi) is 24.1. The minimum absolute atomic E-state index is 0.0159. The molecule has 0 aromatic carbocycles. The van der Waals surface area contributed by atoms with E-state index in [-0.39, 0.29) is 31.0 Å². The molecule has 2 fully saturated rings. The fourth-order valence-electron chi connectivity index (χ4n) is 7.69. The second kappa shape index (κ2) is 26.2. The fourth-order valence-corrected chi connectivity index (χ4v) is 7.69. The zero-order chi connectivity index (χ0) is 56.0. The number of carbonyl (C=O) groups excluding carboxylic acids is 7. The predicted octanol–water partition coefficient (Wildman–Crippen LogP) is 6.70. The zero-order valence-electron chi connectivity index (χ0n) is 46.2. The van der Waals surface area contributed by atoms with Crippen molar-refractivity contribution in [3.05, 3.63) is 25.3 Å². The number of nitrogens with zero attached hydrogens (tertiary/aromatic N) is 2. The van der Waals surface area contributed by atoms with Gasteiger partial charge in [-0.25, -0.2) is 33.6 Å². The lowest BCUT2D eigenvalue weighted by atomic mass is 9.75. The molecule has 0 unspecified atom stereocenters.